The molecule has 0 fully saturated rings. The molecule has 0 unspecified atom stereocenters. The SMILES string of the molecule is C[C@H](O)CNc1nccc(-n2ccnc2-c2cccc(NC(=O)c3csc(-c4ccncc4)n3)c2)n1. The normalized spacial score (nSPS) is 11.7. The van der Waals surface area contributed by atoms with Crippen LogP contribution in [0.25, 0.3) is 27.8 Å². The van der Waals surface area contributed by atoms with E-state index in [1.165, 1.54) is 11.3 Å². The average Bonchev–Trinajstić information content (AvgIpc) is 3.59. The average molecular weight is 499 g/mol. The summed E-state index contributed by atoms with van der Waals surface area (Å²) >= 11 is 1.40. The lowest BCUT2D eigenvalue weighted by atomic mass is 10.2. The van der Waals surface area contributed by atoms with E-state index in [4.69, 9.17) is 0 Å². The van der Waals surface area contributed by atoms with Gasteiger partial charge in [0.25, 0.3) is 5.91 Å². The van der Waals surface area contributed by atoms with Crippen molar-refractivity contribution in [3.8, 4) is 27.8 Å². The van der Waals surface area contributed by atoms with E-state index < -0.39 is 6.10 Å². The fraction of sp³-hybridized carbons (Fsp3) is 0.120. The minimum Gasteiger partial charge on any atom is -0.392 e. The molecule has 0 spiro atoms. The van der Waals surface area contributed by atoms with Gasteiger partial charge in [-0.2, -0.15) is 4.98 Å². The highest BCUT2D eigenvalue weighted by Gasteiger charge is 2.14. The Morgan fingerprint density at radius 2 is 1.92 bits per heavy atom. The minimum atomic E-state index is -0.523. The number of aromatic nitrogens is 6. The number of thiazole rings is 1. The Bertz CT molecular complexity index is 1480. The van der Waals surface area contributed by atoms with Crippen molar-refractivity contribution in [1.82, 2.24) is 29.5 Å². The van der Waals surface area contributed by atoms with E-state index in [9.17, 15) is 9.90 Å². The van der Waals surface area contributed by atoms with Crippen molar-refractivity contribution >= 4 is 28.9 Å². The molecule has 4 aromatic heterocycles. The highest BCUT2D eigenvalue weighted by Crippen LogP contribution is 2.26. The first-order valence-electron chi connectivity index (χ1n) is 11.1. The van der Waals surface area contributed by atoms with Crippen LogP contribution >= 0.6 is 11.3 Å². The standard InChI is InChI=1S/C25H22N8O2S/c1-16(34)14-29-25-28-10-7-21(32-25)33-12-11-27-22(33)18-3-2-4-19(13-18)30-23(35)20-15-36-24(31-20)17-5-8-26-9-6-17/h2-13,15-16,34H,14H2,1H3,(H,30,35)(H,28,29,32)/t16-/m0/s1. The molecule has 3 N–H and O–H groups in total. The van der Waals surface area contributed by atoms with Crippen molar-refractivity contribution < 1.29 is 9.90 Å². The van der Waals surface area contributed by atoms with Crippen molar-refractivity contribution in [1.29, 1.82) is 0 Å². The van der Waals surface area contributed by atoms with E-state index in [1.54, 1.807) is 49.4 Å². The Balaban J connectivity index is 1.35. The molecule has 1 amide bonds. The van der Waals surface area contributed by atoms with Crippen LogP contribution in [0.4, 0.5) is 11.6 Å². The quantitative estimate of drug-likeness (QED) is 0.294. The number of imidazole rings is 1. The maximum atomic E-state index is 12.9. The van der Waals surface area contributed by atoms with Gasteiger partial charge in [-0.1, -0.05) is 12.1 Å². The number of hydrogen-bond acceptors (Lipinski definition) is 9. The van der Waals surface area contributed by atoms with Gasteiger partial charge in [0.2, 0.25) is 5.95 Å². The third kappa shape index (κ3) is 5.27. The Morgan fingerprint density at radius 3 is 2.75 bits per heavy atom. The zero-order valence-electron chi connectivity index (χ0n) is 19.2. The second kappa shape index (κ2) is 10.4. The molecule has 0 aliphatic rings. The first kappa shape index (κ1) is 23.3. The van der Waals surface area contributed by atoms with Crippen LogP contribution < -0.4 is 10.6 Å². The molecule has 4 heterocycles. The molecule has 0 radical (unpaired) electrons. The van der Waals surface area contributed by atoms with Gasteiger partial charge in [0.1, 0.15) is 22.3 Å². The summed E-state index contributed by atoms with van der Waals surface area (Å²) in [5, 5.41) is 17.9. The van der Waals surface area contributed by atoms with Gasteiger partial charge in [0.05, 0.1) is 6.10 Å². The van der Waals surface area contributed by atoms with Gasteiger partial charge >= 0.3 is 0 Å². The first-order chi connectivity index (χ1) is 17.6. The van der Waals surface area contributed by atoms with E-state index in [-0.39, 0.29) is 5.91 Å². The topological polar surface area (TPSA) is 131 Å². The number of anilines is 2. The Hall–Kier alpha value is -4.48. The number of carbonyl (C=O) groups excluding carboxylic acids is 1. The number of aliphatic hydroxyl groups is 1. The number of rotatable bonds is 8. The number of aliphatic hydroxyl groups excluding tert-OH is 1. The maximum absolute atomic E-state index is 12.9. The monoisotopic (exact) mass is 498 g/mol. The summed E-state index contributed by atoms with van der Waals surface area (Å²) in [5.74, 6) is 1.38. The predicted octanol–water partition coefficient (Wildman–Crippen LogP) is 3.89. The number of benzene rings is 1. The summed E-state index contributed by atoms with van der Waals surface area (Å²) in [7, 11) is 0. The van der Waals surface area contributed by atoms with Gasteiger partial charge in [0, 0.05) is 59.7 Å². The number of pyridine rings is 1. The van der Waals surface area contributed by atoms with Gasteiger partial charge in [0.15, 0.2) is 0 Å². The van der Waals surface area contributed by atoms with Crippen molar-refractivity contribution in [3.63, 3.8) is 0 Å². The van der Waals surface area contributed by atoms with Crippen molar-refractivity contribution in [2.75, 3.05) is 17.2 Å². The summed E-state index contributed by atoms with van der Waals surface area (Å²) < 4.78 is 1.83. The van der Waals surface area contributed by atoms with Crippen LogP contribution in [0, 0.1) is 0 Å². The lowest BCUT2D eigenvalue weighted by molar-refractivity contribution is 0.102. The molecule has 0 aliphatic heterocycles. The Morgan fingerprint density at radius 1 is 1.06 bits per heavy atom. The molecule has 36 heavy (non-hydrogen) atoms. The van der Waals surface area contributed by atoms with Gasteiger partial charge in [-0.05, 0) is 37.3 Å². The molecule has 11 heteroatoms. The molecule has 5 rings (SSSR count). The maximum Gasteiger partial charge on any atom is 0.275 e. The summed E-state index contributed by atoms with van der Waals surface area (Å²) in [6, 6.07) is 12.9. The summed E-state index contributed by atoms with van der Waals surface area (Å²) in [4.78, 5) is 34.5. The van der Waals surface area contributed by atoms with E-state index in [1.807, 2.05) is 41.0 Å². The van der Waals surface area contributed by atoms with E-state index >= 15 is 0 Å². The Kier molecular flexibility index (Phi) is 6.74. The van der Waals surface area contributed by atoms with Crippen molar-refractivity contribution in [3.05, 3.63) is 84.5 Å². The second-order valence-corrected chi connectivity index (χ2v) is 8.76. The van der Waals surface area contributed by atoms with Crippen LogP contribution in [0.2, 0.25) is 0 Å². The first-order valence-corrected chi connectivity index (χ1v) is 12.0. The third-order valence-electron chi connectivity index (χ3n) is 5.13. The van der Waals surface area contributed by atoms with Gasteiger partial charge < -0.3 is 15.7 Å². The number of nitrogens with zero attached hydrogens (tertiary/aromatic N) is 6. The predicted molar refractivity (Wildman–Crippen MR) is 138 cm³/mol. The number of amides is 1. The smallest absolute Gasteiger partial charge is 0.275 e. The van der Waals surface area contributed by atoms with Crippen LogP contribution in [0.1, 0.15) is 17.4 Å². The molecule has 0 aliphatic carbocycles. The zero-order valence-corrected chi connectivity index (χ0v) is 20.1. The van der Waals surface area contributed by atoms with Gasteiger partial charge in [-0.15, -0.1) is 11.3 Å². The molecular formula is C25H22N8O2S. The fourth-order valence-electron chi connectivity index (χ4n) is 3.45. The molecule has 5 aromatic rings. The molecule has 10 nitrogen and oxygen atoms in total. The molecule has 0 bridgehead atoms. The van der Waals surface area contributed by atoms with E-state index in [0.29, 0.717) is 35.5 Å². The van der Waals surface area contributed by atoms with Crippen LogP contribution in [-0.2, 0) is 0 Å². The van der Waals surface area contributed by atoms with E-state index in [2.05, 4.69) is 35.6 Å². The molecule has 180 valence electrons. The van der Waals surface area contributed by atoms with Gasteiger partial charge in [-0.3, -0.25) is 14.3 Å². The van der Waals surface area contributed by atoms with Crippen molar-refractivity contribution in [2.24, 2.45) is 0 Å². The number of carbonyl (C=O) groups is 1. The fourth-order valence-corrected chi connectivity index (χ4v) is 4.25. The third-order valence-corrected chi connectivity index (χ3v) is 6.02. The van der Waals surface area contributed by atoms with E-state index in [0.717, 1.165) is 16.1 Å². The molecule has 1 atom stereocenters. The van der Waals surface area contributed by atoms with Gasteiger partial charge in [-0.25, -0.2) is 15.0 Å². The lowest BCUT2D eigenvalue weighted by Gasteiger charge is -2.11. The van der Waals surface area contributed by atoms with Crippen LogP contribution in [-0.4, -0.2) is 53.1 Å². The summed E-state index contributed by atoms with van der Waals surface area (Å²) in [5.41, 5.74) is 2.67. The highest BCUT2D eigenvalue weighted by molar-refractivity contribution is 7.13. The number of nitrogens with one attached hydrogen (secondary N) is 2. The lowest BCUT2D eigenvalue weighted by Crippen LogP contribution is -2.17. The molecule has 1 aromatic carbocycles. The van der Waals surface area contributed by atoms with Crippen molar-refractivity contribution in [2.45, 2.75) is 13.0 Å². The van der Waals surface area contributed by atoms with Crippen LogP contribution in [0.5, 0.6) is 0 Å². The molecule has 0 saturated carbocycles. The highest BCUT2D eigenvalue weighted by atomic mass is 32.1. The Labute approximate surface area is 210 Å². The number of hydrogen-bond donors (Lipinski definition) is 3. The zero-order chi connectivity index (χ0) is 24.9. The largest absolute Gasteiger partial charge is 0.392 e. The summed E-state index contributed by atoms with van der Waals surface area (Å²) in [6.45, 7) is 2.02. The summed E-state index contributed by atoms with van der Waals surface area (Å²) in [6.07, 6.45) is 7.99. The second-order valence-electron chi connectivity index (χ2n) is 7.90. The minimum absolute atomic E-state index is 0.295. The van der Waals surface area contributed by atoms with Crippen LogP contribution in [0.3, 0.4) is 0 Å². The van der Waals surface area contributed by atoms with Crippen LogP contribution in [0.15, 0.2) is 78.8 Å². The molecular weight excluding hydrogens is 476 g/mol. The molecule has 0 saturated heterocycles.